The van der Waals surface area contributed by atoms with E-state index in [2.05, 4.69) is 50.1 Å². The molecule has 0 radical (unpaired) electrons. The van der Waals surface area contributed by atoms with Gasteiger partial charge < -0.3 is 20.9 Å². The van der Waals surface area contributed by atoms with Crippen molar-refractivity contribution in [3.63, 3.8) is 0 Å². The van der Waals surface area contributed by atoms with Gasteiger partial charge >= 0.3 is 0 Å². The predicted molar refractivity (Wildman–Crippen MR) is 143 cm³/mol. The van der Waals surface area contributed by atoms with Crippen LogP contribution in [-0.2, 0) is 13.0 Å². The first-order valence-corrected chi connectivity index (χ1v) is 11.5. The number of aliphatic imine (C=N–C) groups is 1. The van der Waals surface area contributed by atoms with Crippen LogP contribution in [0.5, 0.6) is 0 Å². The summed E-state index contributed by atoms with van der Waals surface area (Å²) < 4.78 is 0. The molecule has 0 spiro atoms. The number of hydrogen-bond acceptors (Lipinski definition) is 4. The van der Waals surface area contributed by atoms with Crippen LogP contribution in [0, 0.1) is 0 Å². The van der Waals surface area contributed by atoms with Gasteiger partial charge in [-0.05, 0) is 41.8 Å². The first-order valence-electron chi connectivity index (χ1n) is 10.4. The van der Waals surface area contributed by atoms with E-state index < -0.39 is 0 Å². The van der Waals surface area contributed by atoms with Crippen LogP contribution in [0.25, 0.3) is 0 Å². The van der Waals surface area contributed by atoms with Crippen molar-refractivity contribution in [1.29, 1.82) is 0 Å². The van der Waals surface area contributed by atoms with Gasteiger partial charge in [0.2, 0.25) is 0 Å². The van der Waals surface area contributed by atoms with Gasteiger partial charge in [-0.3, -0.25) is 9.79 Å². The van der Waals surface area contributed by atoms with Gasteiger partial charge in [-0.15, -0.1) is 24.0 Å². The number of nitrogens with one attached hydrogen (secondary N) is 3. The monoisotopic (exact) mass is 553 g/mol. The molecule has 3 N–H and O–H groups in total. The number of nitrogens with zero attached hydrogens (tertiary/aromatic N) is 2. The second kappa shape index (κ2) is 13.5. The summed E-state index contributed by atoms with van der Waals surface area (Å²) in [6.45, 7) is 3.72. The summed E-state index contributed by atoms with van der Waals surface area (Å²) in [5, 5.41) is 9.37. The third-order valence-corrected chi connectivity index (χ3v) is 6.06. The summed E-state index contributed by atoms with van der Waals surface area (Å²) in [6, 6.07) is 16.5. The van der Waals surface area contributed by atoms with E-state index in [9.17, 15) is 4.79 Å². The van der Waals surface area contributed by atoms with E-state index in [0.717, 1.165) is 44.1 Å². The minimum Gasteiger partial charge on any atom is -0.370 e. The van der Waals surface area contributed by atoms with Gasteiger partial charge in [0, 0.05) is 63.0 Å². The molecule has 1 heterocycles. The Bertz CT molecular complexity index is 853. The summed E-state index contributed by atoms with van der Waals surface area (Å²) >= 11 is 2.03. The zero-order valence-electron chi connectivity index (χ0n) is 18.2. The molecule has 6 nitrogen and oxygen atoms in total. The molecule has 1 amide bonds. The van der Waals surface area contributed by atoms with Crippen molar-refractivity contribution in [2.75, 3.05) is 50.1 Å². The Morgan fingerprint density at radius 1 is 1.06 bits per heavy atom. The normalized spacial score (nSPS) is 13.9. The van der Waals surface area contributed by atoms with E-state index in [0.29, 0.717) is 5.56 Å². The molecule has 1 fully saturated rings. The standard InChI is InChI=1S/C23H31N5OS.HI/c1-24-22(29)20-5-3-4-18(16-20)10-11-26-23(25-2)27-17-19-6-8-21(9-7-19)28-12-14-30-15-13-28;/h3-9,16H,10-15,17H2,1-2H3,(H,24,29)(H2,25,26,27);1H. The van der Waals surface area contributed by atoms with Gasteiger partial charge in [-0.25, -0.2) is 0 Å². The highest BCUT2D eigenvalue weighted by Crippen LogP contribution is 2.19. The maximum absolute atomic E-state index is 11.8. The summed E-state index contributed by atoms with van der Waals surface area (Å²) in [7, 11) is 3.42. The number of amides is 1. The zero-order valence-corrected chi connectivity index (χ0v) is 21.3. The highest BCUT2D eigenvalue weighted by atomic mass is 127. The number of anilines is 1. The molecule has 31 heavy (non-hydrogen) atoms. The highest BCUT2D eigenvalue weighted by Gasteiger charge is 2.10. The molecule has 2 aromatic carbocycles. The molecule has 3 rings (SSSR count). The third kappa shape index (κ3) is 7.92. The average molecular weight is 554 g/mol. The Morgan fingerprint density at radius 3 is 2.48 bits per heavy atom. The number of benzene rings is 2. The van der Waals surface area contributed by atoms with E-state index in [1.54, 1.807) is 14.1 Å². The second-order valence-corrected chi connectivity index (χ2v) is 8.37. The Labute approximate surface area is 206 Å². The quantitative estimate of drug-likeness (QED) is 0.280. The third-order valence-electron chi connectivity index (χ3n) is 5.12. The first-order chi connectivity index (χ1) is 14.7. The minimum atomic E-state index is -0.0625. The number of carbonyl (C=O) groups excluding carboxylic acids is 1. The predicted octanol–water partition coefficient (Wildman–Crippen LogP) is 3.13. The molecule has 0 saturated carbocycles. The molecule has 0 aliphatic carbocycles. The number of thioether (sulfide) groups is 1. The number of guanidine groups is 1. The van der Waals surface area contributed by atoms with Crippen molar-refractivity contribution in [1.82, 2.24) is 16.0 Å². The van der Waals surface area contributed by atoms with Crippen LogP contribution >= 0.6 is 35.7 Å². The van der Waals surface area contributed by atoms with Gasteiger partial charge in [0.1, 0.15) is 0 Å². The van der Waals surface area contributed by atoms with Crippen LogP contribution < -0.4 is 20.9 Å². The number of carbonyl (C=O) groups is 1. The van der Waals surface area contributed by atoms with E-state index in [-0.39, 0.29) is 29.9 Å². The lowest BCUT2D eigenvalue weighted by Gasteiger charge is -2.28. The fraction of sp³-hybridized carbons (Fsp3) is 0.391. The van der Waals surface area contributed by atoms with Crippen LogP contribution in [0.1, 0.15) is 21.5 Å². The Kier molecular flexibility index (Phi) is 11.0. The van der Waals surface area contributed by atoms with Gasteiger partial charge in [0.05, 0.1) is 0 Å². The van der Waals surface area contributed by atoms with Crippen LogP contribution in [0.3, 0.4) is 0 Å². The molecule has 168 valence electrons. The smallest absolute Gasteiger partial charge is 0.251 e. The van der Waals surface area contributed by atoms with Gasteiger partial charge in [-0.1, -0.05) is 24.3 Å². The topological polar surface area (TPSA) is 68.8 Å². The van der Waals surface area contributed by atoms with Crippen LogP contribution in [0.15, 0.2) is 53.5 Å². The average Bonchev–Trinajstić information content (AvgIpc) is 2.82. The van der Waals surface area contributed by atoms with E-state index in [1.807, 2.05) is 36.0 Å². The van der Waals surface area contributed by atoms with Crippen LogP contribution in [-0.4, -0.2) is 57.1 Å². The molecule has 1 aliphatic heterocycles. The van der Waals surface area contributed by atoms with Gasteiger partial charge in [0.15, 0.2) is 5.96 Å². The molecule has 0 aromatic heterocycles. The van der Waals surface area contributed by atoms with Crippen molar-refractivity contribution < 1.29 is 4.79 Å². The first kappa shape index (κ1) is 25.3. The maximum Gasteiger partial charge on any atom is 0.251 e. The molecule has 1 aliphatic rings. The molecule has 0 unspecified atom stereocenters. The van der Waals surface area contributed by atoms with E-state index in [4.69, 9.17) is 0 Å². The van der Waals surface area contributed by atoms with Crippen molar-refractivity contribution in [3.05, 3.63) is 65.2 Å². The summed E-state index contributed by atoms with van der Waals surface area (Å²) in [4.78, 5) is 18.5. The molecule has 1 saturated heterocycles. The van der Waals surface area contributed by atoms with Gasteiger partial charge in [0.25, 0.3) is 5.91 Å². The maximum atomic E-state index is 11.8. The van der Waals surface area contributed by atoms with Crippen molar-refractivity contribution >= 4 is 53.3 Å². The molecule has 0 atom stereocenters. The molecular formula is C23H32IN5OS. The SMILES string of the molecule is CN=C(NCCc1cccc(C(=O)NC)c1)NCc1ccc(N2CCSCC2)cc1.I. The molecule has 2 aromatic rings. The highest BCUT2D eigenvalue weighted by molar-refractivity contribution is 14.0. The Hall–Kier alpha value is -1.94. The summed E-state index contributed by atoms with van der Waals surface area (Å²) in [5.41, 5.74) is 4.34. The number of halogens is 1. The van der Waals surface area contributed by atoms with E-state index in [1.165, 1.54) is 22.8 Å². The largest absolute Gasteiger partial charge is 0.370 e. The zero-order chi connectivity index (χ0) is 21.2. The Balaban J connectivity index is 0.00000341. The lowest BCUT2D eigenvalue weighted by atomic mass is 10.1. The lowest BCUT2D eigenvalue weighted by Crippen LogP contribution is -2.37. The number of hydrogen-bond donors (Lipinski definition) is 3. The Morgan fingerprint density at radius 2 is 1.81 bits per heavy atom. The van der Waals surface area contributed by atoms with Crippen LogP contribution in [0.2, 0.25) is 0 Å². The molecule has 8 heteroatoms. The second-order valence-electron chi connectivity index (χ2n) is 7.15. The van der Waals surface area contributed by atoms with Crippen molar-refractivity contribution in [2.45, 2.75) is 13.0 Å². The van der Waals surface area contributed by atoms with Crippen molar-refractivity contribution in [2.24, 2.45) is 4.99 Å². The minimum absolute atomic E-state index is 0. The molecule has 0 bridgehead atoms. The lowest BCUT2D eigenvalue weighted by molar-refractivity contribution is 0.0963. The molecular weight excluding hydrogens is 521 g/mol. The van der Waals surface area contributed by atoms with Crippen LogP contribution in [0.4, 0.5) is 5.69 Å². The summed E-state index contributed by atoms with van der Waals surface area (Å²) in [6.07, 6.45) is 0.814. The summed E-state index contributed by atoms with van der Waals surface area (Å²) in [5.74, 6) is 3.13. The number of rotatable bonds is 7. The van der Waals surface area contributed by atoms with Crippen molar-refractivity contribution in [3.8, 4) is 0 Å². The van der Waals surface area contributed by atoms with E-state index >= 15 is 0 Å². The fourth-order valence-corrected chi connectivity index (χ4v) is 4.29. The fourth-order valence-electron chi connectivity index (χ4n) is 3.39. The van der Waals surface area contributed by atoms with Gasteiger partial charge in [-0.2, -0.15) is 11.8 Å².